The van der Waals surface area contributed by atoms with Gasteiger partial charge in [-0.2, -0.15) is 0 Å². The maximum absolute atomic E-state index is 13.2. The van der Waals surface area contributed by atoms with Gasteiger partial charge < -0.3 is 10.0 Å². The fourth-order valence-corrected chi connectivity index (χ4v) is 2.80. The van der Waals surface area contributed by atoms with Crippen molar-refractivity contribution in [1.82, 2.24) is 0 Å². The first-order chi connectivity index (χ1) is 9.89. The van der Waals surface area contributed by atoms with Crippen LogP contribution in [-0.2, 0) is 4.79 Å². The molecule has 0 aliphatic carbocycles. The number of carboxylic acids is 1. The maximum Gasteiger partial charge on any atom is 0.309 e. The van der Waals surface area contributed by atoms with Crippen LogP contribution >= 0.6 is 0 Å². The lowest BCUT2D eigenvalue weighted by Gasteiger charge is -2.39. The predicted molar refractivity (Wildman–Crippen MR) is 74.9 cm³/mol. The van der Waals surface area contributed by atoms with E-state index in [4.69, 9.17) is 0 Å². The van der Waals surface area contributed by atoms with Crippen LogP contribution in [0.25, 0.3) is 0 Å². The van der Waals surface area contributed by atoms with Gasteiger partial charge in [-0.3, -0.25) is 14.9 Å². The molecular weight excluding hydrogens is 279 g/mol. The molecular formula is C14H17FN2O4. The van der Waals surface area contributed by atoms with Crippen LogP contribution in [0.15, 0.2) is 18.2 Å². The summed E-state index contributed by atoms with van der Waals surface area (Å²) in [5, 5.41) is 20.4. The number of benzene rings is 1. The Bertz CT molecular complexity index is 568. The summed E-state index contributed by atoms with van der Waals surface area (Å²) in [6, 6.07) is 3.46. The first-order valence-electron chi connectivity index (χ1n) is 6.82. The van der Waals surface area contributed by atoms with Crippen molar-refractivity contribution in [2.45, 2.75) is 26.2 Å². The fourth-order valence-electron chi connectivity index (χ4n) is 2.80. The number of carbonyl (C=O) groups is 1. The third-order valence-electron chi connectivity index (χ3n) is 4.33. The highest BCUT2D eigenvalue weighted by atomic mass is 19.1. The van der Waals surface area contributed by atoms with Gasteiger partial charge in [-0.25, -0.2) is 4.39 Å². The number of rotatable bonds is 4. The van der Waals surface area contributed by atoms with E-state index in [2.05, 4.69) is 0 Å². The Morgan fingerprint density at radius 2 is 2.10 bits per heavy atom. The van der Waals surface area contributed by atoms with Crippen molar-refractivity contribution in [3.05, 3.63) is 34.1 Å². The van der Waals surface area contributed by atoms with Crippen LogP contribution in [-0.4, -0.2) is 29.1 Å². The molecule has 0 radical (unpaired) electrons. The Balaban J connectivity index is 2.23. The normalized spacial score (nSPS) is 17.5. The first kappa shape index (κ1) is 15.2. The Morgan fingerprint density at radius 3 is 2.57 bits per heavy atom. The largest absolute Gasteiger partial charge is 0.481 e. The second-order valence-corrected chi connectivity index (χ2v) is 5.32. The topological polar surface area (TPSA) is 83.7 Å². The molecule has 0 bridgehead atoms. The molecule has 114 valence electrons. The van der Waals surface area contributed by atoms with Gasteiger partial charge >= 0.3 is 5.97 Å². The summed E-state index contributed by atoms with van der Waals surface area (Å²) in [5.74, 6) is -1.48. The first-order valence-corrected chi connectivity index (χ1v) is 6.82. The minimum absolute atomic E-state index is 0.283. The summed E-state index contributed by atoms with van der Waals surface area (Å²) in [4.78, 5) is 23.6. The molecule has 1 aliphatic heterocycles. The smallest absolute Gasteiger partial charge is 0.309 e. The summed E-state index contributed by atoms with van der Waals surface area (Å²) in [6.45, 7) is 2.66. The van der Waals surface area contributed by atoms with Crippen LogP contribution in [0.5, 0.6) is 0 Å². The summed E-state index contributed by atoms with van der Waals surface area (Å²) in [6.07, 6.45) is 1.38. The third-order valence-corrected chi connectivity index (χ3v) is 4.33. The molecule has 0 unspecified atom stereocenters. The lowest BCUT2D eigenvalue weighted by molar-refractivity contribution is -0.384. The Kier molecular flexibility index (Phi) is 4.11. The van der Waals surface area contributed by atoms with Gasteiger partial charge in [0, 0.05) is 13.1 Å². The van der Waals surface area contributed by atoms with Crippen molar-refractivity contribution < 1.29 is 19.2 Å². The predicted octanol–water partition coefficient (Wildman–Crippen LogP) is 2.82. The molecule has 1 aromatic carbocycles. The van der Waals surface area contributed by atoms with E-state index >= 15 is 0 Å². The summed E-state index contributed by atoms with van der Waals surface area (Å²) >= 11 is 0. The molecule has 1 aromatic rings. The van der Waals surface area contributed by atoms with E-state index < -0.39 is 22.1 Å². The van der Waals surface area contributed by atoms with Gasteiger partial charge in [0.2, 0.25) is 0 Å². The lowest BCUT2D eigenvalue weighted by atomic mass is 9.76. The van der Waals surface area contributed by atoms with Crippen LogP contribution < -0.4 is 4.90 Å². The van der Waals surface area contributed by atoms with Crippen molar-refractivity contribution in [2.75, 3.05) is 18.0 Å². The zero-order chi connectivity index (χ0) is 15.6. The maximum atomic E-state index is 13.2. The second kappa shape index (κ2) is 5.67. The van der Waals surface area contributed by atoms with E-state index in [0.717, 1.165) is 6.07 Å². The Labute approximate surface area is 121 Å². The number of hydrogen-bond donors (Lipinski definition) is 1. The van der Waals surface area contributed by atoms with Crippen molar-refractivity contribution in [3.63, 3.8) is 0 Å². The van der Waals surface area contributed by atoms with E-state index in [1.807, 2.05) is 6.92 Å². The van der Waals surface area contributed by atoms with Crippen molar-refractivity contribution in [2.24, 2.45) is 5.41 Å². The standard InChI is InChI=1S/C14H17FN2O4/c1-2-14(13(18)19)5-7-16(8-6-14)11-4-3-10(15)9-12(11)17(20)21/h3-4,9H,2,5-8H2,1H3,(H,18,19). The minimum atomic E-state index is -0.821. The summed E-state index contributed by atoms with van der Waals surface area (Å²) in [7, 11) is 0. The van der Waals surface area contributed by atoms with Crippen LogP contribution in [0.4, 0.5) is 15.8 Å². The molecule has 1 saturated heterocycles. The average Bonchev–Trinajstić information content (AvgIpc) is 2.47. The second-order valence-electron chi connectivity index (χ2n) is 5.32. The average molecular weight is 296 g/mol. The highest BCUT2D eigenvalue weighted by Gasteiger charge is 2.40. The van der Waals surface area contributed by atoms with Crippen molar-refractivity contribution in [3.8, 4) is 0 Å². The van der Waals surface area contributed by atoms with E-state index in [1.54, 1.807) is 4.90 Å². The van der Waals surface area contributed by atoms with Gasteiger partial charge in [0.05, 0.1) is 16.4 Å². The van der Waals surface area contributed by atoms with Gasteiger partial charge in [0.1, 0.15) is 11.5 Å². The zero-order valence-electron chi connectivity index (χ0n) is 11.7. The molecule has 21 heavy (non-hydrogen) atoms. The number of piperidine rings is 1. The molecule has 1 fully saturated rings. The molecule has 0 aromatic heterocycles. The molecule has 0 amide bonds. The van der Waals surface area contributed by atoms with Crippen LogP contribution in [0.2, 0.25) is 0 Å². The number of hydrogen-bond acceptors (Lipinski definition) is 4. The number of carboxylic acid groups (broad SMARTS) is 1. The number of aliphatic carboxylic acids is 1. The van der Waals surface area contributed by atoms with E-state index in [-0.39, 0.29) is 5.69 Å². The molecule has 1 aliphatic rings. The molecule has 0 atom stereocenters. The summed E-state index contributed by atoms with van der Waals surface area (Å²) < 4.78 is 13.2. The third kappa shape index (κ3) is 2.81. The number of anilines is 1. The number of nitro groups is 1. The molecule has 1 heterocycles. The van der Waals surface area contributed by atoms with Crippen molar-refractivity contribution in [1.29, 1.82) is 0 Å². The summed E-state index contributed by atoms with van der Waals surface area (Å²) in [5.41, 5.74) is -0.698. The monoisotopic (exact) mass is 296 g/mol. The molecule has 7 heteroatoms. The Hall–Kier alpha value is -2.18. The molecule has 1 N–H and O–H groups in total. The van der Waals surface area contributed by atoms with E-state index in [1.165, 1.54) is 12.1 Å². The molecule has 0 spiro atoms. The molecule has 2 rings (SSSR count). The van der Waals surface area contributed by atoms with Gasteiger partial charge in [-0.1, -0.05) is 6.92 Å². The van der Waals surface area contributed by atoms with Gasteiger partial charge in [-0.15, -0.1) is 0 Å². The van der Waals surface area contributed by atoms with E-state index in [9.17, 15) is 24.4 Å². The number of halogens is 1. The molecule has 0 saturated carbocycles. The zero-order valence-corrected chi connectivity index (χ0v) is 11.7. The minimum Gasteiger partial charge on any atom is -0.481 e. The van der Waals surface area contributed by atoms with Gasteiger partial charge in [0.15, 0.2) is 0 Å². The van der Waals surface area contributed by atoms with Gasteiger partial charge in [-0.05, 0) is 31.4 Å². The number of nitrogens with zero attached hydrogens (tertiary/aromatic N) is 2. The van der Waals surface area contributed by atoms with E-state index in [0.29, 0.717) is 38.0 Å². The van der Waals surface area contributed by atoms with Gasteiger partial charge in [0.25, 0.3) is 5.69 Å². The highest BCUT2D eigenvalue weighted by Crippen LogP contribution is 2.39. The molecule has 6 nitrogen and oxygen atoms in total. The van der Waals surface area contributed by atoms with Crippen LogP contribution in [0, 0.1) is 21.3 Å². The van der Waals surface area contributed by atoms with Crippen LogP contribution in [0.3, 0.4) is 0 Å². The number of nitro benzene ring substituents is 1. The van der Waals surface area contributed by atoms with Crippen LogP contribution in [0.1, 0.15) is 26.2 Å². The quantitative estimate of drug-likeness (QED) is 0.682. The lowest BCUT2D eigenvalue weighted by Crippen LogP contribution is -2.44. The fraction of sp³-hybridized carbons (Fsp3) is 0.500. The SMILES string of the molecule is CCC1(C(=O)O)CCN(c2ccc(F)cc2[N+](=O)[O-])CC1. The van der Waals surface area contributed by atoms with Crippen molar-refractivity contribution >= 4 is 17.3 Å². The Morgan fingerprint density at radius 1 is 1.48 bits per heavy atom. The highest BCUT2D eigenvalue weighted by molar-refractivity contribution is 5.75.